The third-order valence-electron chi connectivity index (χ3n) is 6.04. The molecule has 0 unspecified atom stereocenters. The van der Waals surface area contributed by atoms with Crippen molar-refractivity contribution in [3.05, 3.63) is 83.4 Å². The van der Waals surface area contributed by atoms with Crippen molar-refractivity contribution in [3.63, 3.8) is 0 Å². The molecule has 10 nitrogen and oxygen atoms in total. The molecule has 0 saturated heterocycles. The molecular weight excluding hydrogens is 572 g/mol. The van der Waals surface area contributed by atoms with Crippen LogP contribution in [0, 0.1) is 0 Å². The quantitative estimate of drug-likeness (QED) is 0.229. The number of halogens is 6. The lowest BCUT2D eigenvalue weighted by molar-refractivity contribution is -0.153. The Balaban J connectivity index is 1.73. The average molecular weight is 596 g/mol. The Labute approximate surface area is 234 Å². The average Bonchev–Trinajstić information content (AvgIpc) is 3.57. The molecule has 1 N–H and O–H groups in total. The maximum absolute atomic E-state index is 13.6. The summed E-state index contributed by atoms with van der Waals surface area (Å²) in [7, 11) is 0. The summed E-state index contributed by atoms with van der Waals surface area (Å²) in [6, 6.07) is 9.31. The van der Waals surface area contributed by atoms with E-state index in [-0.39, 0.29) is 29.4 Å². The van der Waals surface area contributed by atoms with Crippen molar-refractivity contribution in [2.24, 2.45) is 0 Å². The van der Waals surface area contributed by atoms with E-state index in [1.165, 1.54) is 43.3 Å². The molecule has 2 aromatic carbocycles. The summed E-state index contributed by atoms with van der Waals surface area (Å²) >= 11 is 0. The summed E-state index contributed by atoms with van der Waals surface area (Å²) in [5.41, 5.74) is -4.51. The highest BCUT2D eigenvalue weighted by atomic mass is 19.4. The number of ether oxygens (including phenoxy) is 1. The van der Waals surface area contributed by atoms with Crippen LogP contribution in [0.3, 0.4) is 0 Å². The van der Waals surface area contributed by atoms with Gasteiger partial charge >= 0.3 is 18.3 Å². The second-order valence-electron chi connectivity index (χ2n) is 9.18. The normalized spacial score (nSPS) is 12.3. The first-order valence-corrected chi connectivity index (χ1v) is 12.3. The largest absolute Gasteiger partial charge is 0.464 e. The molecule has 16 heteroatoms. The van der Waals surface area contributed by atoms with Crippen LogP contribution in [-0.4, -0.2) is 54.0 Å². The molecular formula is C26H23F6N7O3. The van der Waals surface area contributed by atoms with E-state index in [4.69, 9.17) is 4.74 Å². The fraction of sp³-hybridized carbons (Fsp3) is 0.308. The molecule has 0 atom stereocenters. The third-order valence-corrected chi connectivity index (χ3v) is 6.04. The minimum Gasteiger partial charge on any atom is -0.464 e. The molecule has 2 heterocycles. The van der Waals surface area contributed by atoms with Gasteiger partial charge in [-0.25, -0.2) is 14.2 Å². The van der Waals surface area contributed by atoms with Gasteiger partial charge < -0.3 is 10.1 Å². The van der Waals surface area contributed by atoms with Crippen LogP contribution in [0.25, 0.3) is 11.4 Å². The molecule has 222 valence electrons. The first kappa shape index (κ1) is 30.2. The molecule has 0 saturated carbocycles. The van der Waals surface area contributed by atoms with Gasteiger partial charge in [0.1, 0.15) is 5.54 Å². The van der Waals surface area contributed by atoms with Crippen LogP contribution < -0.4 is 5.32 Å². The Kier molecular flexibility index (Phi) is 8.35. The summed E-state index contributed by atoms with van der Waals surface area (Å²) in [5.74, 6) is -1.61. The summed E-state index contributed by atoms with van der Waals surface area (Å²) in [6.45, 7) is 2.55. The van der Waals surface area contributed by atoms with Gasteiger partial charge in [0.2, 0.25) is 5.91 Å². The maximum atomic E-state index is 13.6. The molecule has 0 bridgehead atoms. The summed E-state index contributed by atoms with van der Waals surface area (Å²) in [5, 5.41) is 17.9. The Morgan fingerprint density at radius 3 is 1.60 bits per heavy atom. The van der Waals surface area contributed by atoms with Gasteiger partial charge in [-0.1, -0.05) is 34.7 Å². The van der Waals surface area contributed by atoms with E-state index in [2.05, 4.69) is 25.9 Å². The van der Waals surface area contributed by atoms with E-state index in [0.717, 1.165) is 40.8 Å². The molecule has 0 aliphatic heterocycles. The number of aromatic nitrogens is 6. The zero-order chi connectivity index (χ0) is 30.7. The van der Waals surface area contributed by atoms with Crippen LogP contribution in [0.2, 0.25) is 0 Å². The van der Waals surface area contributed by atoms with Gasteiger partial charge in [-0.05, 0) is 31.2 Å². The first-order valence-electron chi connectivity index (χ1n) is 12.3. The van der Waals surface area contributed by atoms with Gasteiger partial charge in [-0.3, -0.25) is 4.79 Å². The highest BCUT2D eigenvalue weighted by molar-refractivity contribution is 5.87. The number of nitrogens with zero attached hydrogens (tertiary/aromatic N) is 6. The lowest BCUT2D eigenvalue weighted by Crippen LogP contribution is -2.58. The smallest absolute Gasteiger partial charge is 0.418 e. The fourth-order valence-corrected chi connectivity index (χ4v) is 4.39. The minimum absolute atomic E-state index is 0.00332. The molecule has 42 heavy (non-hydrogen) atoms. The van der Waals surface area contributed by atoms with E-state index in [1.54, 1.807) is 0 Å². The molecule has 0 fully saturated rings. The van der Waals surface area contributed by atoms with Gasteiger partial charge in [0, 0.05) is 19.8 Å². The van der Waals surface area contributed by atoms with Gasteiger partial charge in [0.15, 0.2) is 0 Å². The predicted molar refractivity (Wildman–Crippen MR) is 133 cm³/mol. The van der Waals surface area contributed by atoms with Crippen LogP contribution >= 0.6 is 0 Å². The number of nitrogens with one attached hydrogen (secondary N) is 1. The van der Waals surface area contributed by atoms with Crippen molar-refractivity contribution in [3.8, 4) is 11.4 Å². The molecule has 0 aliphatic carbocycles. The number of alkyl halides is 6. The number of rotatable bonds is 9. The van der Waals surface area contributed by atoms with E-state index in [0.29, 0.717) is 0 Å². The standard InChI is InChI=1S/C26H23F6N7O3/c1-3-42-23(41)24(33-16(2)40,12-17-14-38(36-34-17)21-10-6-4-8-19(21)25(27,28)29)13-18-15-39(37-35-18)22-11-7-5-9-20(22)26(30,31)32/h4-11,14-15H,3,12-13H2,1-2H3,(H,33,40). The second kappa shape index (κ2) is 11.6. The van der Waals surface area contributed by atoms with Crippen LogP contribution in [0.1, 0.15) is 36.4 Å². The van der Waals surface area contributed by atoms with Gasteiger partial charge in [-0.2, -0.15) is 26.3 Å². The topological polar surface area (TPSA) is 117 Å². The van der Waals surface area contributed by atoms with Crippen molar-refractivity contribution in [2.45, 2.75) is 44.6 Å². The monoisotopic (exact) mass is 595 g/mol. The Morgan fingerprint density at radius 2 is 1.21 bits per heavy atom. The number of para-hydroxylation sites is 2. The number of benzene rings is 2. The number of amides is 1. The van der Waals surface area contributed by atoms with Crippen LogP contribution in [0.4, 0.5) is 26.3 Å². The molecule has 4 aromatic rings. The van der Waals surface area contributed by atoms with Gasteiger partial charge in [0.05, 0.1) is 52.9 Å². The van der Waals surface area contributed by atoms with E-state index >= 15 is 0 Å². The van der Waals surface area contributed by atoms with Crippen LogP contribution in [0.15, 0.2) is 60.9 Å². The molecule has 4 rings (SSSR count). The predicted octanol–water partition coefficient (Wildman–Crippen LogP) is 4.11. The van der Waals surface area contributed by atoms with Crippen molar-refractivity contribution in [1.82, 2.24) is 35.3 Å². The fourth-order valence-electron chi connectivity index (χ4n) is 4.39. The number of esters is 1. The van der Waals surface area contributed by atoms with Crippen molar-refractivity contribution < 1.29 is 40.7 Å². The highest BCUT2D eigenvalue weighted by Crippen LogP contribution is 2.35. The lowest BCUT2D eigenvalue weighted by atomic mass is 9.88. The Morgan fingerprint density at radius 1 is 0.786 bits per heavy atom. The van der Waals surface area contributed by atoms with E-state index < -0.39 is 53.7 Å². The zero-order valence-electron chi connectivity index (χ0n) is 22.1. The SMILES string of the molecule is CCOC(=O)C(Cc1cn(-c2ccccc2C(F)(F)F)nn1)(Cc1cn(-c2ccccc2C(F)(F)F)nn1)NC(C)=O. The minimum atomic E-state index is -4.69. The Bertz CT molecular complexity index is 1480. The number of hydrogen-bond acceptors (Lipinski definition) is 7. The number of carbonyl (C=O) groups excluding carboxylic acids is 2. The summed E-state index contributed by atoms with van der Waals surface area (Å²) < 4.78 is 88.3. The number of hydrogen-bond donors (Lipinski definition) is 1. The molecule has 0 radical (unpaired) electrons. The third kappa shape index (κ3) is 6.58. The van der Waals surface area contributed by atoms with E-state index in [1.807, 2.05) is 0 Å². The van der Waals surface area contributed by atoms with Crippen molar-refractivity contribution in [1.29, 1.82) is 0 Å². The maximum Gasteiger partial charge on any atom is 0.418 e. The van der Waals surface area contributed by atoms with Gasteiger partial charge in [-0.15, -0.1) is 10.2 Å². The second-order valence-corrected chi connectivity index (χ2v) is 9.18. The van der Waals surface area contributed by atoms with Gasteiger partial charge in [0.25, 0.3) is 0 Å². The van der Waals surface area contributed by atoms with Crippen molar-refractivity contribution >= 4 is 11.9 Å². The lowest BCUT2D eigenvalue weighted by Gasteiger charge is -2.30. The highest BCUT2D eigenvalue weighted by Gasteiger charge is 2.43. The first-order chi connectivity index (χ1) is 19.7. The molecule has 2 aromatic heterocycles. The Hall–Kier alpha value is -4.76. The molecule has 1 amide bonds. The summed E-state index contributed by atoms with van der Waals surface area (Å²) in [4.78, 5) is 25.6. The van der Waals surface area contributed by atoms with Crippen molar-refractivity contribution in [2.75, 3.05) is 6.61 Å². The summed E-state index contributed by atoms with van der Waals surface area (Å²) in [6.07, 6.45) is -7.88. The van der Waals surface area contributed by atoms with Crippen LogP contribution in [0.5, 0.6) is 0 Å². The van der Waals surface area contributed by atoms with Crippen LogP contribution in [-0.2, 0) is 39.5 Å². The molecule has 0 spiro atoms. The van der Waals surface area contributed by atoms with E-state index in [9.17, 15) is 35.9 Å². The zero-order valence-corrected chi connectivity index (χ0v) is 22.1. The number of carbonyl (C=O) groups is 2. The molecule has 0 aliphatic rings.